The van der Waals surface area contributed by atoms with Gasteiger partial charge in [-0.3, -0.25) is 9.52 Å². The fourth-order valence-electron chi connectivity index (χ4n) is 2.96. The van der Waals surface area contributed by atoms with Gasteiger partial charge in [-0.15, -0.1) is 0 Å². The van der Waals surface area contributed by atoms with Gasteiger partial charge in [-0.25, -0.2) is 8.42 Å². The second-order valence-electron chi connectivity index (χ2n) is 6.10. The SMILES string of the molecule is CCS(=O)(=O)Nc1ccc(C(=O)N2CCCC2c2cc(C)on2)cc1. The van der Waals surface area contributed by atoms with Crippen LogP contribution in [0, 0.1) is 6.92 Å². The van der Waals surface area contributed by atoms with Crippen molar-refractivity contribution in [2.45, 2.75) is 32.7 Å². The molecule has 1 saturated heterocycles. The van der Waals surface area contributed by atoms with Crippen LogP contribution in [0.1, 0.15) is 47.6 Å². The van der Waals surface area contributed by atoms with Gasteiger partial charge in [0, 0.05) is 23.9 Å². The molecule has 8 heteroatoms. The standard InChI is InChI=1S/C17H21N3O4S/c1-3-25(22,23)19-14-8-6-13(7-9-14)17(21)20-10-4-5-16(20)15-11-12(2)24-18-15/h6-9,11,16,19H,3-5,10H2,1-2H3. The number of sulfonamides is 1. The highest BCUT2D eigenvalue weighted by atomic mass is 32.2. The van der Waals surface area contributed by atoms with Gasteiger partial charge in [-0.1, -0.05) is 5.16 Å². The number of aromatic nitrogens is 1. The molecule has 1 N–H and O–H groups in total. The van der Waals surface area contributed by atoms with E-state index in [1.807, 2.05) is 13.0 Å². The van der Waals surface area contributed by atoms with E-state index in [0.29, 0.717) is 17.8 Å². The zero-order valence-electron chi connectivity index (χ0n) is 14.2. The third-order valence-corrected chi connectivity index (χ3v) is 5.59. The number of rotatable bonds is 5. The van der Waals surface area contributed by atoms with Gasteiger partial charge in [-0.05, 0) is 51.0 Å². The van der Waals surface area contributed by atoms with Crippen LogP contribution in [0.15, 0.2) is 34.9 Å². The van der Waals surface area contributed by atoms with Gasteiger partial charge in [0.2, 0.25) is 10.0 Å². The minimum Gasteiger partial charge on any atom is -0.361 e. The Morgan fingerprint density at radius 1 is 1.36 bits per heavy atom. The Hall–Kier alpha value is -2.35. The summed E-state index contributed by atoms with van der Waals surface area (Å²) in [6.07, 6.45) is 1.77. The number of amides is 1. The summed E-state index contributed by atoms with van der Waals surface area (Å²) in [5.74, 6) is 0.634. The van der Waals surface area contributed by atoms with Crippen molar-refractivity contribution in [1.29, 1.82) is 0 Å². The molecule has 0 bridgehead atoms. The van der Waals surface area contributed by atoms with E-state index in [2.05, 4.69) is 9.88 Å². The maximum atomic E-state index is 12.8. The average Bonchev–Trinajstić information content (AvgIpc) is 3.23. The summed E-state index contributed by atoms with van der Waals surface area (Å²) in [6, 6.07) is 8.26. The highest BCUT2D eigenvalue weighted by molar-refractivity contribution is 7.92. The van der Waals surface area contributed by atoms with Crippen LogP contribution < -0.4 is 4.72 Å². The molecule has 1 unspecified atom stereocenters. The Morgan fingerprint density at radius 3 is 2.68 bits per heavy atom. The molecule has 0 aliphatic carbocycles. The molecule has 25 heavy (non-hydrogen) atoms. The first-order valence-electron chi connectivity index (χ1n) is 8.24. The maximum absolute atomic E-state index is 12.8. The van der Waals surface area contributed by atoms with Crippen LogP contribution in [0.3, 0.4) is 0 Å². The van der Waals surface area contributed by atoms with Crippen LogP contribution in [0.25, 0.3) is 0 Å². The molecule has 0 saturated carbocycles. The van der Waals surface area contributed by atoms with Gasteiger partial charge in [0.1, 0.15) is 11.5 Å². The predicted molar refractivity (Wildman–Crippen MR) is 93.8 cm³/mol. The molecule has 0 radical (unpaired) electrons. The molecule has 3 rings (SSSR count). The summed E-state index contributed by atoms with van der Waals surface area (Å²) in [6.45, 7) is 4.06. The van der Waals surface area contributed by atoms with Gasteiger partial charge < -0.3 is 9.42 Å². The smallest absolute Gasteiger partial charge is 0.254 e. The number of anilines is 1. The lowest BCUT2D eigenvalue weighted by Gasteiger charge is -2.23. The number of hydrogen-bond donors (Lipinski definition) is 1. The van der Waals surface area contributed by atoms with E-state index in [-0.39, 0.29) is 17.7 Å². The fraction of sp³-hybridized carbons (Fsp3) is 0.412. The van der Waals surface area contributed by atoms with Gasteiger partial charge >= 0.3 is 0 Å². The predicted octanol–water partition coefficient (Wildman–Crippen LogP) is 2.72. The topological polar surface area (TPSA) is 92.5 Å². The van der Waals surface area contributed by atoms with E-state index in [9.17, 15) is 13.2 Å². The zero-order chi connectivity index (χ0) is 18.0. The molecule has 0 spiro atoms. The van der Waals surface area contributed by atoms with Crippen LogP contribution in [0.2, 0.25) is 0 Å². The molecule has 7 nitrogen and oxygen atoms in total. The van der Waals surface area contributed by atoms with E-state index in [1.54, 1.807) is 36.1 Å². The van der Waals surface area contributed by atoms with E-state index in [4.69, 9.17) is 4.52 Å². The number of aryl methyl sites for hydroxylation is 1. The molecule has 1 amide bonds. The molecular weight excluding hydrogens is 342 g/mol. The highest BCUT2D eigenvalue weighted by Gasteiger charge is 2.32. The third-order valence-electron chi connectivity index (χ3n) is 4.29. The molecule has 2 aromatic rings. The number of nitrogens with one attached hydrogen (secondary N) is 1. The first-order chi connectivity index (χ1) is 11.9. The van der Waals surface area contributed by atoms with E-state index in [1.165, 1.54) is 0 Å². The highest BCUT2D eigenvalue weighted by Crippen LogP contribution is 2.32. The van der Waals surface area contributed by atoms with Crippen LogP contribution in [0.4, 0.5) is 5.69 Å². The molecule has 1 fully saturated rings. The number of benzene rings is 1. The van der Waals surface area contributed by atoms with Gasteiger partial charge in [0.15, 0.2) is 0 Å². The lowest BCUT2D eigenvalue weighted by molar-refractivity contribution is 0.0731. The monoisotopic (exact) mass is 363 g/mol. The lowest BCUT2D eigenvalue weighted by atomic mass is 10.1. The summed E-state index contributed by atoms with van der Waals surface area (Å²) < 4.78 is 30.8. The van der Waals surface area contributed by atoms with Gasteiger partial charge in [-0.2, -0.15) is 0 Å². The van der Waals surface area contributed by atoms with Crippen molar-refractivity contribution in [2.24, 2.45) is 0 Å². The average molecular weight is 363 g/mol. The summed E-state index contributed by atoms with van der Waals surface area (Å²) >= 11 is 0. The minimum absolute atomic E-state index is 0.000255. The normalized spacial score (nSPS) is 17.7. The van der Waals surface area contributed by atoms with Crippen molar-refractivity contribution < 1.29 is 17.7 Å². The summed E-state index contributed by atoms with van der Waals surface area (Å²) in [7, 11) is -3.33. The third kappa shape index (κ3) is 3.84. The first-order valence-corrected chi connectivity index (χ1v) is 9.89. The van der Waals surface area contributed by atoms with Crippen molar-refractivity contribution >= 4 is 21.6 Å². The molecule has 1 aliphatic heterocycles. The number of likely N-dealkylation sites (tertiary alicyclic amines) is 1. The molecular formula is C17H21N3O4S. The number of carbonyl (C=O) groups excluding carboxylic acids is 1. The quantitative estimate of drug-likeness (QED) is 0.882. The van der Waals surface area contributed by atoms with Gasteiger partial charge in [0.25, 0.3) is 5.91 Å². The van der Waals surface area contributed by atoms with Crippen molar-refractivity contribution in [1.82, 2.24) is 10.1 Å². The Bertz CT molecular complexity index is 858. The molecule has 1 atom stereocenters. The van der Waals surface area contributed by atoms with E-state index in [0.717, 1.165) is 24.3 Å². The second kappa shape index (κ2) is 6.87. The van der Waals surface area contributed by atoms with Crippen molar-refractivity contribution in [3.63, 3.8) is 0 Å². The van der Waals surface area contributed by atoms with Crippen molar-refractivity contribution in [2.75, 3.05) is 17.0 Å². The molecule has 134 valence electrons. The Labute approximate surface area is 147 Å². The molecule has 1 aromatic heterocycles. The van der Waals surface area contributed by atoms with Crippen molar-refractivity contribution in [3.05, 3.63) is 47.3 Å². The summed E-state index contributed by atoms with van der Waals surface area (Å²) in [5.41, 5.74) is 1.74. The first kappa shape index (κ1) is 17.5. The Morgan fingerprint density at radius 2 is 2.08 bits per heavy atom. The maximum Gasteiger partial charge on any atom is 0.254 e. The summed E-state index contributed by atoms with van der Waals surface area (Å²) in [4.78, 5) is 14.6. The van der Waals surface area contributed by atoms with Crippen LogP contribution in [-0.4, -0.2) is 36.7 Å². The van der Waals surface area contributed by atoms with Crippen LogP contribution >= 0.6 is 0 Å². The zero-order valence-corrected chi connectivity index (χ0v) is 15.0. The van der Waals surface area contributed by atoms with E-state index >= 15 is 0 Å². The van der Waals surface area contributed by atoms with Crippen molar-refractivity contribution in [3.8, 4) is 0 Å². The number of hydrogen-bond acceptors (Lipinski definition) is 5. The number of carbonyl (C=O) groups is 1. The van der Waals surface area contributed by atoms with E-state index < -0.39 is 10.0 Å². The van der Waals surface area contributed by atoms with Crippen LogP contribution in [-0.2, 0) is 10.0 Å². The molecule has 1 aromatic carbocycles. The summed E-state index contributed by atoms with van der Waals surface area (Å²) in [5, 5.41) is 4.04. The Kier molecular flexibility index (Phi) is 4.80. The van der Waals surface area contributed by atoms with Crippen LogP contribution in [0.5, 0.6) is 0 Å². The second-order valence-corrected chi connectivity index (χ2v) is 8.11. The largest absolute Gasteiger partial charge is 0.361 e. The molecule has 1 aliphatic rings. The minimum atomic E-state index is -3.33. The molecule has 2 heterocycles. The van der Waals surface area contributed by atoms with Gasteiger partial charge in [0.05, 0.1) is 11.8 Å². The Balaban J connectivity index is 1.76. The number of nitrogens with zero attached hydrogens (tertiary/aromatic N) is 2. The lowest BCUT2D eigenvalue weighted by Crippen LogP contribution is -2.30. The fourth-order valence-corrected chi connectivity index (χ4v) is 3.60.